The summed E-state index contributed by atoms with van der Waals surface area (Å²) in [6.07, 6.45) is 8.93. The highest BCUT2D eigenvalue weighted by Gasteiger charge is 2.74. The number of Topliss-reactive ketones (excluding diaryl/α,β-unsaturated/α-hetero) is 1. The lowest BCUT2D eigenvalue weighted by Crippen LogP contribution is -2.52. The zero-order chi connectivity index (χ0) is 61.3. The molecule has 21 heteroatoms. The number of primary amides is 2. The number of amides is 4. The lowest BCUT2D eigenvalue weighted by molar-refractivity contribution is -0.142. The number of hydrogen-bond donors (Lipinski definition) is 6. The summed E-state index contributed by atoms with van der Waals surface area (Å²) >= 11 is 25.1. The van der Waals surface area contributed by atoms with Crippen molar-refractivity contribution < 1.29 is 52.1 Å². The van der Waals surface area contributed by atoms with E-state index in [4.69, 9.17) is 73.1 Å². The van der Waals surface area contributed by atoms with E-state index in [9.17, 15) is 33.9 Å². The fraction of sp³-hybridized carbons (Fsp3) is 0.538. The number of aliphatic carboxylic acids is 1. The fourth-order valence-corrected chi connectivity index (χ4v) is 17.2. The van der Waals surface area contributed by atoms with E-state index in [0.29, 0.717) is 84.1 Å². The Hall–Kier alpha value is -4.91. The van der Waals surface area contributed by atoms with E-state index in [1.807, 2.05) is 12.1 Å². The number of rotatable bonds is 8. The minimum atomic E-state index is -1.22. The van der Waals surface area contributed by atoms with Crippen molar-refractivity contribution in [3.05, 3.63) is 127 Å². The molecule has 4 aliphatic carbocycles. The van der Waals surface area contributed by atoms with Crippen LogP contribution in [0.15, 0.2) is 72.8 Å². The Morgan fingerprint density at radius 3 is 1.42 bits per heavy atom. The minimum Gasteiger partial charge on any atom is -0.481 e. The van der Waals surface area contributed by atoms with Crippen LogP contribution in [0.5, 0.6) is 0 Å². The van der Waals surface area contributed by atoms with Gasteiger partial charge in [0.25, 0.3) is 0 Å². The maximum absolute atomic E-state index is 16.1. The van der Waals surface area contributed by atoms with Crippen LogP contribution in [0.2, 0.25) is 20.1 Å². The number of ether oxygens (including phenoxy) is 2. The number of carbonyl (C=O) groups excluding carboxylic acids is 5. The van der Waals surface area contributed by atoms with Gasteiger partial charge in [0.15, 0.2) is 0 Å². The maximum Gasteiger partial charge on any atom is 0.307 e. The third-order valence-corrected chi connectivity index (χ3v) is 22.0. The van der Waals surface area contributed by atoms with Crippen molar-refractivity contribution in [2.24, 2.45) is 56.6 Å². The van der Waals surface area contributed by atoms with E-state index < -0.39 is 81.1 Å². The topological polar surface area (TPSA) is 243 Å². The number of anilines is 2. The lowest BCUT2D eigenvalue weighted by atomic mass is 9.51. The van der Waals surface area contributed by atoms with E-state index in [2.05, 4.69) is 38.3 Å². The standard InChI is InChI=1S/C33H37Cl2FN2O4.C26H26Cl2FNO3.C6H12N2O2.ClH/c1-31(2)10-12-32(13-11-31)16-21(25(39)14-18-6-9-26(29(37)40)42-17-18)27(20-4-3-5-23(35)28(20)36)33(32)22-8-7-19(34)15-24(22)38-30(33)41;1-24(2)8-10-25(11-9-24)13-16(22(31)32)20(15-4-3-5-18(28)21(15)29)26(25)17-7-6-14(27)12-19(17)30-23(26)33;7-4-1-2-5(6(8)9)10-3-4;/h3-5,7-8,15,18,21,26-27H,6,9-14,16-17H2,1-2H3,(H2,37,40)(H,38,41);3-7,12,16,20H,8-11,13H2,1-2H3,(H,30,33)(H,31,32);4-5H,1-3,7H2,(H2,8,9);1H/t18-,21-,26-,27-,33+;16-,20+,26?;4-,5+;/m011./s1. The van der Waals surface area contributed by atoms with Crippen LogP contribution >= 0.6 is 58.8 Å². The van der Waals surface area contributed by atoms with Crippen LogP contribution in [-0.2, 0) is 49.1 Å². The molecule has 9 N–H and O–H groups in total. The second-order valence-electron chi connectivity index (χ2n) is 26.9. The molecule has 6 fully saturated rings. The van der Waals surface area contributed by atoms with Gasteiger partial charge < -0.3 is 42.4 Å². The normalized spacial score (nSPS) is 30.4. The molecule has 1 unspecified atom stereocenters. The number of ketones is 1. The molecule has 0 bridgehead atoms. The van der Waals surface area contributed by atoms with Crippen molar-refractivity contribution in [1.82, 2.24) is 0 Å². The quantitative estimate of drug-likeness (QED) is 0.0974. The number of benzene rings is 4. The van der Waals surface area contributed by atoms with Gasteiger partial charge in [-0.15, -0.1) is 12.4 Å². The Morgan fingerprint density at radius 1 is 0.605 bits per heavy atom. The van der Waals surface area contributed by atoms with E-state index in [-0.39, 0.29) is 87.3 Å². The number of halogens is 7. The minimum absolute atomic E-state index is 0. The average molecular weight is 1290 g/mol. The Balaban J connectivity index is 0.000000178. The molecular weight excluding hydrogens is 1210 g/mol. The summed E-state index contributed by atoms with van der Waals surface area (Å²) in [7, 11) is 0. The van der Waals surface area contributed by atoms with Crippen molar-refractivity contribution in [3.63, 3.8) is 0 Å². The summed E-state index contributed by atoms with van der Waals surface area (Å²) in [5.74, 6) is -6.89. The second kappa shape index (κ2) is 24.8. The summed E-state index contributed by atoms with van der Waals surface area (Å²) in [6.45, 7) is 9.59. The number of hydrogen-bond acceptors (Lipinski definition) is 9. The fourth-order valence-electron chi connectivity index (χ4n) is 16.5. The van der Waals surface area contributed by atoms with Gasteiger partial charge in [0, 0.05) is 51.6 Å². The van der Waals surface area contributed by atoms with Crippen LogP contribution < -0.4 is 27.8 Å². The van der Waals surface area contributed by atoms with E-state index in [1.54, 1.807) is 48.5 Å². The number of carboxylic acids is 1. The van der Waals surface area contributed by atoms with Crippen molar-refractivity contribution in [1.29, 1.82) is 0 Å². The van der Waals surface area contributed by atoms with Gasteiger partial charge in [-0.1, -0.05) is 110 Å². The number of carbonyl (C=O) groups is 6. The van der Waals surface area contributed by atoms with Crippen LogP contribution in [-0.4, -0.2) is 72.0 Å². The van der Waals surface area contributed by atoms with Gasteiger partial charge in [0.2, 0.25) is 23.6 Å². The molecule has 464 valence electrons. The Morgan fingerprint density at radius 2 is 1.02 bits per heavy atom. The molecule has 4 amide bonds. The SMILES string of the molecule is CC1(C)CCC2(CC1)C[C@@H](C(=O)C[C@@H]1CC[C@@H](C(N)=O)OC1)[C@H](c1cccc(Cl)c1F)[C@]21C(=O)Nc2cc(Cl)ccc21.CC1(C)CCC2(CC1)C[C@@H](C(=O)O)[C@H](c1cccc(Cl)c1F)C21C(=O)Nc2cc(Cl)ccc21.Cl.NC(=O)[C@@H]1CC[C@@H](N)CO1. The molecule has 4 aromatic carbocycles. The van der Waals surface area contributed by atoms with Gasteiger partial charge in [-0.25, -0.2) is 8.78 Å². The predicted octanol–water partition coefficient (Wildman–Crippen LogP) is 13.1. The zero-order valence-corrected chi connectivity index (χ0v) is 52.5. The lowest BCUT2D eigenvalue weighted by Gasteiger charge is -2.51. The van der Waals surface area contributed by atoms with Crippen LogP contribution in [0, 0.1) is 51.0 Å². The van der Waals surface area contributed by atoms with Gasteiger partial charge in [-0.05, 0) is 176 Å². The molecule has 4 heterocycles. The third-order valence-electron chi connectivity index (χ3n) is 20.9. The molecule has 4 aromatic rings. The summed E-state index contributed by atoms with van der Waals surface area (Å²) in [6, 6.07) is 20.2. The molecular formula is C65H76Cl5F2N5O9. The number of fused-ring (bicyclic) bond motifs is 6. The van der Waals surface area contributed by atoms with Crippen molar-refractivity contribution in [2.75, 3.05) is 23.8 Å². The highest BCUT2D eigenvalue weighted by Crippen LogP contribution is 2.74. The van der Waals surface area contributed by atoms with Crippen LogP contribution in [0.3, 0.4) is 0 Å². The molecule has 12 rings (SSSR count). The molecule has 14 nitrogen and oxygen atoms in total. The molecule has 4 aliphatic heterocycles. The van der Waals surface area contributed by atoms with E-state index in [1.165, 1.54) is 12.1 Å². The molecule has 8 aliphatic rings. The third kappa shape index (κ3) is 11.5. The molecule has 2 saturated heterocycles. The summed E-state index contributed by atoms with van der Waals surface area (Å²) in [4.78, 5) is 77.8. The number of nitrogens with one attached hydrogen (secondary N) is 2. The smallest absolute Gasteiger partial charge is 0.307 e. The second-order valence-corrected chi connectivity index (χ2v) is 28.6. The predicted molar refractivity (Wildman–Crippen MR) is 330 cm³/mol. The molecule has 0 radical (unpaired) electrons. The van der Waals surface area contributed by atoms with Crippen LogP contribution in [0.25, 0.3) is 0 Å². The van der Waals surface area contributed by atoms with Gasteiger partial charge in [-0.2, -0.15) is 0 Å². The first-order chi connectivity index (χ1) is 40.1. The summed E-state index contributed by atoms with van der Waals surface area (Å²) in [5.41, 5.74) is 15.8. The van der Waals surface area contributed by atoms with E-state index in [0.717, 1.165) is 50.5 Å². The number of carboxylic acid groups (broad SMARTS) is 1. The van der Waals surface area contributed by atoms with Crippen molar-refractivity contribution in [3.8, 4) is 0 Å². The van der Waals surface area contributed by atoms with Crippen LogP contribution in [0.1, 0.15) is 158 Å². The maximum atomic E-state index is 16.1. The Bertz CT molecular complexity index is 3310. The molecule has 4 saturated carbocycles. The monoisotopic (exact) mass is 1280 g/mol. The van der Waals surface area contributed by atoms with Crippen molar-refractivity contribution in [2.45, 2.75) is 165 Å². The highest BCUT2D eigenvalue weighted by molar-refractivity contribution is 6.32. The summed E-state index contributed by atoms with van der Waals surface area (Å²) < 4.78 is 42.3. The molecule has 4 spiro atoms. The first kappa shape index (κ1) is 65.5. The van der Waals surface area contributed by atoms with E-state index >= 15 is 8.78 Å². The first-order valence-corrected chi connectivity index (χ1v) is 31.1. The zero-order valence-electron chi connectivity index (χ0n) is 48.7. The van der Waals surface area contributed by atoms with Gasteiger partial charge >= 0.3 is 5.97 Å². The largest absolute Gasteiger partial charge is 0.481 e. The molecule has 10 atom stereocenters. The van der Waals surface area contributed by atoms with Gasteiger partial charge in [-0.3, -0.25) is 28.8 Å². The molecule has 86 heavy (non-hydrogen) atoms. The van der Waals surface area contributed by atoms with Gasteiger partial charge in [0.05, 0.1) is 40.0 Å². The summed E-state index contributed by atoms with van der Waals surface area (Å²) in [5, 5.41) is 17.3. The molecule has 0 aromatic heterocycles. The Labute approximate surface area is 526 Å². The average Bonchev–Trinajstić information content (AvgIpc) is 1.53. The van der Waals surface area contributed by atoms with Gasteiger partial charge in [0.1, 0.15) is 29.6 Å². The van der Waals surface area contributed by atoms with Crippen LogP contribution in [0.4, 0.5) is 20.2 Å². The highest BCUT2D eigenvalue weighted by atomic mass is 35.5. The Kier molecular flexibility index (Phi) is 18.9. The first-order valence-electron chi connectivity index (χ1n) is 29.5. The van der Waals surface area contributed by atoms with Crippen molar-refractivity contribution >= 4 is 106 Å². The number of nitrogens with two attached hydrogens (primary N) is 3.